The first-order valence-corrected chi connectivity index (χ1v) is 16.5. The van der Waals surface area contributed by atoms with Crippen molar-refractivity contribution in [3.8, 4) is 0 Å². The number of rotatable bonds is 4. The number of carbonyl (C=O) groups excluding carboxylic acids is 4. The fourth-order valence-corrected chi connectivity index (χ4v) is 7.92. The van der Waals surface area contributed by atoms with E-state index in [1.54, 1.807) is 18.2 Å². The van der Waals surface area contributed by atoms with Gasteiger partial charge < -0.3 is 20.1 Å². The molecule has 49 heavy (non-hydrogen) atoms. The van der Waals surface area contributed by atoms with E-state index >= 15 is 0 Å². The largest absolute Gasteiger partial charge is 0.398 e. The molecule has 4 aliphatic rings. The quantitative estimate of drug-likeness (QED) is 0.213. The number of nitrogen functional groups attached to an aromatic ring is 1. The smallest absolute Gasteiger partial charge is 0.284 e. The van der Waals surface area contributed by atoms with Crippen LogP contribution >= 0.6 is 0 Å². The number of hydrogen-bond acceptors (Lipinski definition) is 10. The van der Waals surface area contributed by atoms with Crippen molar-refractivity contribution in [1.82, 2.24) is 29.1 Å². The fourth-order valence-electron chi connectivity index (χ4n) is 7.92. The summed E-state index contributed by atoms with van der Waals surface area (Å²) >= 11 is 0. The Balaban J connectivity index is 0.869. The molecule has 0 bridgehead atoms. The molecule has 0 spiro atoms. The zero-order chi connectivity index (χ0) is 33.7. The highest BCUT2D eigenvalue weighted by Gasteiger charge is 2.45. The minimum Gasteiger partial charge on any atom is -0.398 e. The number of nitrogens with two attached hydrogens (primary N) is 1. The van der Waals surface area contributed by atoms with E-state index in [1.807, 2.05) is 34.2 Å². The van der Waals surface area contributed by atoms with Crippen molar-refractivity contribution in [1.29, 1.82) is 0 Å². The van der Waals surface area contributed by atoms with Gasteiger partial charge in [0.25, 0.3) is 17.4 Å². The molecule has 9 rings (SSSR count). The Labute approximate surface area is 279 Å². The molecular weight excluding hydrogens is 626 g/mol. The van der Waals surface area contributed by atoms with Crippen molar-refractivity contribution in [3.05, 3.63) is 76.1 Å². The predicted molar refractivity (Wildman–Crippen MR) is 183 cm³/mol. The Morgan fingerprint density at radius 3 is 2.31 bits per heavy atom. The van der Waals surface area contributed by atoms with Gasteiger partial charge in [0.2, 0.25) is 17.6 Å². The SMILES string of the molecule is Cn1c2cc(N3CCN(C4CN(c5ccc6c(c5)C(=O)N(C5CCC(=O)NC5=O)C6=O)C4)CC3)ccc2n2c3cccc(N)c3c(=O)nc12. The van der Waals surface area contributed by atoms with E-state index in [4.69, 9.17) is 5.73 Å². The lowest BCUT2D eigenvalue weighted by Gasteiger charge is -2.49. The van der Waals surface area contributed by atoms with E-state index < -0.39 is 29.7 Å². The zero-order valence-corrected chi connectivity index (χ0v) is 26.8. The number of hydrogen-bond donors (Lipinski definition) is 2. The third-order valence-corrected chi connectivity index (χ3v) is 10.6. The number of imide groups is 2. The molecule has 14 heteroatoms. The minimum absolute atomic E-state index is 0.0902. The molecule has 6 heterocycles. The Kier molecular flexibility index (Phi) is 6.37. The molecular formula is C35H33N9O5. The molecule has 3 N–H and O–H groups in total. The molecule has 248 valence electrons. The Bertz CT molecular complexity index is 2350. The number of nitrogens with one attached hydrogen (secondary N) is 1. The third-order valence-electron chi connectivity index (χ3n) is 10.6. The van der Waals surface area contributed by atoms with Crippen LogP contribution in [-0.2, 0) is 16.6 Å². The van der Waals surface area contributed by atoms with Gasteiger partial charge in [-0.1, -0.05) is 6.07 Å². The van der Waals surface area contributed by atoms with Crippen molar-refractivity contribution in [3.63, 3.8) is 0 Å². The van der Waals surface area contributed by atoms with Gasteiger partial charge >= 0.3 is 0 Å². The molecule has 3 fully saturated rings. The van der Waals surface area contributed by atoms with E-state index in [0.29, 0.717) is 28.5 Å². The lowest BCUT2D eigenvalue weighted by atomic mass is 10.0. The van der Waals surface area contributed by atoms with E-state index in [0.717, 1.165) is 72.1 Å². The first kappa shape index (κ1) is 29.4. The number of amides is 4. The molecule has 0 saturated carbocycles. The second-order valence-corrected chi connectivity index (χ2v) is 13.3. The number of fused-ring (bicyclic) bond motifs is 6. The third kappa shape index (κ3) is 4.36. The molecule has 1 atom stereocenters. The average Bonchev–Trinajstić information content (AvgIpc) is 3.49. The molecule has 1 unspecified atom stereocenters. The standard InChI is InChI=1S/C35H33N9O5/c1-39-28-16-20(6-8-25(28)43-26-4-2-3-24(36)30(26)32(47)38-35(39)43)40-11-13-41(14-12-40)21-17-42(18-21)19-5-7-22-23(15-19)34(49)44(33(22)48)27-9-10-29(45)37-31(27)46/h2-8,15-16,21,27H,9-14,17-18,36H2,1H3,(H,37,45,46). The first-order valence-electron chi connectivity index (χ1n) is 16.5. The zero-order valence-electron chi connectivity index (χ0n) is 26.8. The first-order chi connectivity index (χ1) is 23.7. The Morgan fingerprint density at radius 2 is 1.53 bits per heavy atom. The Morgan fingerprint density at radius 1 is 0.796 bits per heavy atom. The summed E-state index contributed by atoms with van der Waals surface area (Å²) in [6, 6.07) is 16.5. The maximum atomic E-state index is 13.3. The van der Waals surface area contributed by atoms with Gasteiger partial charge in [0, 0.05) is 75.8 Å². The number of imidazole rings is 1. The number of benzene rings is 3. The van der Waals surface area contributed by atoms with Gasteiger partial charge in [0.15, 0.2) is 0 Å². The van der Waals surface area contributed by atoms with E-state index in [-0.39, 0.29) is 24.0 Å². The van der Waals surface area contributed by atoms with Crippen molar-refractivity contribution in [2.24, 2.45) is 7.05 Å². The molecule has 0 radical (unpaired) electrons. The van der Waals surface area contributed by atoms with Gasteiger partial charge in [-0.25, -0.2) is 0 Å². The van der Waals surface area contributed by atoms with E-state index in [2.05, 4.69) is 43.2 Å². The van der Waals surface area contributed by atoms with Crippen LogP contribution in [-0.4, -0.2) is 98.7 Å². The lowest BCUT2D eigenvalue weighted by Crippen LogP contribution is -2.63. The highest BCUT2D eigenvalue weighted by atomic mass is 16.2. The maximum absolute atomic E-state index is 13.3. The summed E-state index contributed by atoms with van der Waals surface area (Å²) in [6.45, 7) is 5.17. The maximum Gasteiger partial charge on any atom is 0.284 e. The average molecular weight is 660 g/mol. The highest BCUT2D eigenvalue weighted by Crippen LogP contribution is 2.34. The van der Waals surface area contributed by atoms with Crippen LogP contribution < -0.4 is 26.4 Å². The normalized spacial score (nSPS) is 20.5. The molecule has 0 aliphatic carbocycles. The van der Waals surface area contributed by atoms with E-state index in [9.17, 15) is 24.0 Å². The summed E-state index contributed by atoms with van der Waals surface area (Å²) in [5.74, 6) is -1.42. The van der Waals surface area contributed by atoms with Crippen LogP contribution in [0.15, 0.2) is 59.4 Å². The number of aryl methyl sites for hydroxylation is 1. The molecule has 3 saturated heterocycles. The van der Waals surface area contributed by atoms with Crippen LogP contribution in [0.3, 0.4) is 0 Å². The lowest BCUT2D eigenvalue weighted by molar-refractivity contribution is -0.136. The molecule has 5 aromatic rings. The van der Waals surface area contributed by atoms with Gasteiger partial charge in [-0.05, 0) is 55.0 Å². The number of piperidine rings is 1. The second kappa shape index (κ2) is 10.6. The molecule has 14 nitrogen and oxygen atoms in total. The van der Waals surface area contributed by atoms with Gasteiger partial charge in [-0.2, -0.15) is 4.98 Å². The molecule has 4 aliphatic heterocycles. The van der Waals surface area contributed by atoms with Crippen LogP contribution in [0.25, 0.3) is 27.7 Å². The van der Waals surface area contributed by atoms with Crippen molar-refractivity contribution >= 4 is 68.4 Å². The molecule has 2 aromatic heterocycles. The monoisotopic (exact) mass is 659 g/mol. The summed E-state index contributed by atoms with van der Waals surface area (Å²) < 4.78 is 3.95. The molecule has 4 amide bonds. The number of carbonyl (C=O) groups is 4. The number of piperazine rings is 1. The van der Waals surface area contributed by atoms with Crippen LogP contribution in [0, 0.1) is 0 Å². The molecule has 3 aromatic carbocycles. The predicted octanol–water partition coefficient (Wildman–Crippen LogP) is 1.33. The van der Waals surface area contributed by atoms with Crippen LogP contribution in [0.4, 0.5) is 17.1 Å². The van der Waals surface area contributed by atoms with Crippen molar-refractivity contribution in [2.75, 3.05) is 54.8 Å². The number of aromatic nitrogens is 3. The highest BCUT2D eigenvalue weighted by molar-refractivity contribution is 6.23. The van der Waals surface area contributed by atoms with Crippen LogP contribution in [0.1, 0.15) is 33.6 Å². The van der Waals surface area contributed by atoms with Gasteiger partial charge in [-0.3, -0.25) is 43.5 Å². The van der Waals surface area contributed by atoms with Crippen molar-refractivity contribution < 1.29 is 19.2 Å². The fraction of sp³-hybridized carbons (Fsp3) is 0.314. The van der Waals surface area contributed by atoms with Crippen LogP contribution in [0.5, 0.6) is 0 Å². The summed E-state index contributed by atoms with van der Waals surface area (Å²) in [4.78, 5) is 75.6. The summed E-state index contributed by atoms with van der Waals surface area (Å²) in [6.07, 6.45) is 0.224. The van der Waals surface area contributed by atoms with Crippen LogP contribution in [0.2, 0.25) is 0 Å². The summed E-state index contributed by atoms with van der Waals surface area (Å²) in [5, 5.41) is 2.66. The minimum atomic E-state index is -0.974. The van der Waals surface area contributed by atoms with Gasteiger partial charge in [0.05, 0.1) is 33.1 Å². The summed E-state index contributed by atoms with van der Waals surface area (Å²) in [7, 11) is 1.93. The topological polar surface area (TPSA) is 159 Å². The number of anilines is 3. The van der Waals surface area contributed by atoms with E-state index in [1.165, 1.54) is 0 Å². The van der Waals surface area contributed by atoms with Gasteiger partial charge in [-0.15, -0.1) is 0 Å². The number of nitrogens with zero attached hydrogens (tertiary/aromatic N) is 7. The summed E-state index contributed by atoms with van der Waals surface area (Å²) in [5.41, 5.74) is 11.5. The second-order valence-electron chi connectivity index (χ2n) is 13.3. The Hall–Kier alpha value is -5.76. The van der Waals surface area contributed by atoms with Gasteiger partial charge in [0.1, 0.15) is 6.04 Å². The van der Waals surface area contributed by atoms with Crippen molar-refractivity contribution in [2.45, 2.75) is 24.9 Å².